The van der Waals surface area contributed by atoms with Crippen LogP contribution in [-0.2, 0) is 0 Å². The van der Waals surface area contributed by atoms with Crippen LogP contribution >= 0.6 is 0 Å². The second-order valence-corrected chi connectivity index (χ2v) is 2.56. The maximum Gasteiger partial charge on any atom is -0.0140 e. The molecule has 0 nitrogen and oxygen atoms in total. The SMILES string of the molecule is CCC1[C]CCCC1. The van der Waals surface area contributed by atoms with E-state index < -0.39 is 0 Å². The molecule has 1 fully saturated rings. The minimum Gasteiger partial charge on any atom is -0.0651 e. The highest BCUT2D eigenvalue weighted by molar-refractivity contribution is 4.79. The average molecular weight is 110 g/mol. The highest BCUT2D eigenvalue weighted by Crippen LogP contribution is 2.24. The molecule has 1 rings (SSSR count). The van der Waals surface area contributed by atoms with Crippen LogP contribution in [-0.4, -0.2) is 0 Å². The fourth-order valence-corrected chi connectivity index (χ4v) is 1.27. The summed E-state index contributed by atoms with van der Waals surface area (Å²) in [7, 11) is 0. The van der Waals surface area contributed by atoms with Crippen LogP contribution in [0.3, 0.4) is 0 Å². The molecule has 1 aliphatic rings. The summed E-state index contributed by atoms with van der Waals surface area (Å²) in [4.78, 5) is 0. The maximum atomic E-state index is 3.47. The largest absolute Gasteiger partial charge is 0.0651 e. The number of rotatable bonds is 1. The Bertz CT molecular complexity index is 51.1. The van der Waals surface area contributed by atoms with Crippen LogP contribution in [0.1, 0.15) is 39.0 Å². The van der Waals surface area contributed by atoms with E-state index in [-0.39, 0.29) is 0 Å². The molecule has 1 atom stereocenters. The van der Waals surface area contributed by atoms with Crippen molar-refractivity contribution >= 4 is 0 Å². The number of hydrogen-bond acceptors (Lipinski definition) is 0. The lowest BCUT2D eigenvalue weighted by Gasteiger charge is -2.18. The van der Waals surface area contributed by atoms with E-state index in [9.17, 15) is 0 Å². The Morgan fingerprint density at radius 3 is 2.75 bits per heavy atom. The van der Waals surface area contributed by atoms with Gasteiger partial charge in [-0.3, -0.25) is 0 Å². The second-order valence-electron chi connectivity index (χ2n) is 2.56. The third-order valence-electron chi connectivity index (χ3n) is 1.91. The first-order chi connectivity index (χ1) is 3.93. The molecule has 1 unspecified atom stereocenters. The van der Waals surface area contributed by atoms with Crippen molar-refractivity contribution in [2.45, 2.75) is 39.0 Å². The van der Waals surface area contributed by atoms with E-state index in [2.05, 4.69) is 13.3 Å². The van der Waals surface area contributed by atoms with Crippen molar-refractivity contribution in [2.75, 3.05) is 0 Å². The van der Waals surface area contributed by atoms with Crippen molar-refractivity contribution in [3.8, 4) is 0 Å². The van der Waals surface area contributed by atoms with E-state index in [0.29, 0.717) is 0 Å². The first kappa shape index (κ1) is 6.12. The molecule has 0 aromatic heterocycles. The molecule has 0 saturated heterocycles. The van der Waals surface area contributed by atoms with Crippen LogP contribution in [0.4, 0.5) is 0 Å². The Labute approximate surface area is 52.3 Å². The van der Waals surface area contributed by atoms with Crippen LogP contribution in [0.5, 0.6) is 0 Å². The quantitative estimate of drug-likeness (QED) is 0.487. The highest BCUT2D eigenvalue weighted by Gasteiger charge is 2.10. The minimum absolute atomic E-state index is 0.837. The lowest BCUT2D eigenvalue weighted by molar-refractivity contribution is 0.435. The van der Waals surface area contributed by atoms with Crippen molar-refractivity contribution in [1.29, 1.82) is 0 Å². The summed E-state index contributed by atoms with van der Waals surface area (Å²) in [6.07, 6.45) is 10.2. The van der Waals surface area contributed by atoms with Crippen LogP contribution in [0.25, 0.3) is 0 Å². The monoisotopic (exact) mass is 110 g/mol. The lowest BCUT2D eigenvalue weighted by Crippen LogP contribution is -2.04. The smallest absolute Gasteiger partial charge is 0.0140 e. The number of hydrogen-bond donors (Lipinski definition) is 0. The van der Waals surface area contributed by atoms with Crippen molar-refractivity contribution in [3.63, 3.8) is 0 Å². The molecule has 1 aliphatic carbocycles. The van der Waals surface area contributed by atoms with E-state index in [4.69, 9.17) is 0 Å². The van der Waals surface area contributed by atoms with Gasteiger partial charge in [0.15, 0.2) is 0 Å². The summed E-state index contributed by atoms with van der Waals surface area (Å²) in [5, 5.41) is 0. The van der Waals surface area contributed by atoms with Gasteiger partial charge in [-0.2, -0.15) is 0 Å². The zero-order chi connectivity index (χ0) is 5.82. The summed E-state index contributed by atoms with van der Waals surface area (Å²) < 4.78 is 0. The molecule has 0 bridgehead atoms. The topological polar surface area (TPSA) is 0 Å². The van der Waals surface area contributed by atoms with Crippen LogP contribution < -0.4 is 0 Å². The van der Waals surface area contributed by atoms with Gasteiger partial charge >= 0.3 is 0 Å². The van der Waals surface area contributed by atoms with Crippen molar-refractivity contribution in [2.24, 2.45) is 5.92 Å². The van der Waals surface area contributed by atoms with Crippen LogP contribution in [0.15, 0.2) is 0 Å². The minimum atomic E-state index is 0.837. The highest BCUT2D eigenvalue weighted by atomic mass is 14.2. The van der Waals surface area contributed by atoms with E-state index in [1.807, 2.05) is 0 Å². The van der Waals surface area contributed by atoms with E-state index >= 15 is 0 Å². The van der Waals surface area contributed by atoms with Crippen LogP contribution in [0, 0.1) is 12.3 Å². The van der Waals surface area contributed by atoms with Crippen LogP contribution in [0.2, 0.25) is 0 Å². The van der Waals surface area contributed by atoms with Gasteiger partial charge in [-0.15, -0.1) is 0 Å². The molecule has 2 radical (unpaired) electrons. The summed E-state index contributed by atoms with van der Waals surface area (Å²) in [6.45, 7) is 2.25. The van der Waals surface area contributed by atoms with E-state index in [0.717, 1.165) is 5.92 Å². The first-order valence-corrected chi connectivity index (χ1v) is 3.67. The van der Waals surface area contributed by atoms with E-state index in [1.165, 1.54) is 32.1 Å². The Hall–Kier alpha value is 0. The Kier molecular flexibility index (Phi) is 2.38. The van der Waals surface area contributed by atoms with E-state index in [1.54, 1.807) is 0 Å². The Morgan fingerprint density at radius 2 is 2.38 bits per heavy atom. The fraction of sp³-hybridized carbons (Fsp3) is 0.875. The Morgan fingerprint density at radius 1 is 1.50 bits per heavy atom. The molecule has 46 valence electrons. The Balaban J connectivity index is 2.13. The third-order valence-corrected chi connectivity index (χ3v) is 1.91. The van der Waals surface area contributed by atoms with Gasteiger partial charge in [0.2, 0.25) is 0 Å². The lowest BCUT2D eigenvalue weighted by atomic mass is 9.88. The summed E-state index contributed by atoms with van der Waals surface area (Å²) >= 11 is 0. The van der Waals surface area contributed by atoms with Gasteiger partial charge in [0.25, 0.3) is 0 Å². The summed E-state index contributed by atoms with van der Waals surface area (Å²) in [6, 6.07) is 0. The van der Waals surface area contributed by atoms with Crippen molar-refractivity contribution in [1.82, 2.24) is 0 Å². The fourth-order valence-electron chi connectivity index (χ4n) is 1.27. The summed E-state index contributed by atoms with van der Waals surface area (Å²) in [5.41, 5.74) is 0. The molecule has 0 N–H and O–H groups in total. The molecule has 1 saturated carbocycles. The molecular formula is C8H14. The normalized spacial score (nSPS) is 23.6. The molecule has 0 spiro atoms. The predicted octanol–water partition coefficient (Wildman–Crippen LogP) is 2.67. The van der Waals surface area contributed by atoms with Gasteiger partial charge in [-0.1, -0.05) is 26.2 Å². The zero-order valence-corrected chi connectivity index (χ0v) is 5.61. The molecule has 0 heteroatoms. The van der Waals surface area contributed by atoms with Crippen molar-refractivity contribution in [3.05, 3.63) is 6.42 Å². The maximum absolute atomic E-state index is 3.47. The molecule has 0 aromatic rings. The molecule has 0 heterocycles. The first-order valence-electron chi connectivity index (χ1n) is 3.67. The van der Waals surface area contributed by atoms with Gasteiger partial charge in [-0.25, -0.2) is 0 Å². The predicted molar refractivity (Wildman–Crippen MR) is 35.5 cm³/mol. The molecule has 0 aromatic carbocycles. The third kappa shape index (κ3) is 1.50. The summed E-state index contributed by atoms with van der Waals surface area (Å²) in [5.74, 6) is 0.837. The van der Waals surface area contributed by atoms with Gasteiger partial charge in [0.1, 0.15) is 0 Å². The van der Waals surface area contributed by atoms with Gasteiger partial charge in [-0.05, 0) is 25.2 Å². The second kappa shape index (κ2) is 3.11. The zero-order valence-electron chi connectivity index (χ0n) is 5.61. The van der Waals surface area contributed by atoms with Gasteiger partial charge < -0.3 is 0 Å². The van der Waals surface area contributed by atoms with Crippen molar-refractivity contribution < 1.29 is 0 Å². The standard InChI is InChI=1S/C8H14/c1-2-8-6-4-3-5-7-8/h8H,2-6H2,1H3. The van der Waals surface area contributed by atoms with Gasteiger partial charge in [0.05, 0.1) is 0 Å². The van der Waals surface area contributed by atoms with Gasteiger partial charge in [0, 0.05) is 0 Å². The average Bonchev–Trinajstić information content (AvgIpc) is 1.90. The molecular weight excluding hydrogens is 96.1 g/mol. The molecule has 0 aliphatic heterocycles. The molecule has 8 heavy (non-hydrogen) atoms. The molecule has 0 amide bonds.